The normalized spacial score (nSPS) is 14.9. The first-order chi connectivity index (χ1) is 54.7. The highest BCUT2D eigenvalue weighted by Crippen LogP contribution is 2.45. The minimum atomic E-state index is -5.03. The van der Waals surface area contributed by atoms with E-state index in [-0.39, 0.29) is 25.7 Å². The second kappa shape index (κ2) is 82.4. The van der Waals surface area contributed by atoms with Crippen molar-refractivity contribution in [3.63, 3.8) is 0 Å². The summed E-state index contributed by atoms with van der Waals surface area (Å²) in [5.41, 5.74) is 0. The lowest BCUT2D eigenvalue weighted by molar-refractivity contribution is -0.161. The molecule has 17 nitrogen and oxygen atoms in total. The SMILES string of the molecule is CC/C=C\C/C=C\C/C=C\C/C=C\C/C=C\C/C=C\CCC(=O)OCC(COP(=O)(O)OCC(O)COP(=O)(O)OCC(COC(=O)CCCCCCCC/C=C\C/C=C\C/C=C\CCCCC)OC(=O)CCCC/C=C\C/C=C\C/C=C\C/C=C\CC)OC(=O)CCCCC/C=C\C/C=C\C/C=C\C/C=C\C/C=C\CC. The van der Waals surface area contributed by atoms with Gasteiger partial charge in [0, 0.05) is 25.7 Å². The molecule has 19 heteroatoms. The Labute approximate surface area is 677 Å². The van der Waals surface area contributed by atoms with Crippen molar-refractivity contribution in [1.29, 1.82) is 0 Å². The number of rotatable bonds is 76. The predicted octanol–water partition coefficient (Wildman–Crippen LogP) is 25.2. The van der Waals surface area contributed by atoms with Crippen LogP contribution in [0.1, 0.15) is 285 Å². The van der Waals surface area contributed by atoms with Crippen LogP contribution in [0.3, 0.4) is 0 Å². The van der Waals surface area contributed by atoms with Crippen molar-refractivity contribution in [2.75, 3.05) is 39.6 Å². The molecule has 3 N–H and O–H groups in total. The lowest BCUT2D eigenvalue weighted by Crippen LogP contribution is -2.30. The Kier molecular flexibility index (Phi) is 77.5. The molecule has 0 aliphatic rings. The van der Waals surface area contributed by atoms with Gasteiger partial charge in [0.2, 0.25) is 0 Å². The van der Waals surface area contributed by atoms with E-state index in [0.717, 1.165) is 173 Å². The summed E-state index contributed by atoms with van der Waals surface area (Å²) in [6, 6.07) is 0. The molecule has 0 aromatic rings. The fourth-order valence-electron chi connectivity index (χ4n) is 10.2. The van der Waals surface area contributed by atoms with E-state index in [1.807, 2.05) is 18.2 Å². The van der Waals surface area contributed by atoms with Crippen LogP contribution in [-0.2, 0) is 65.4 Å². The van der Waals surface area contributed by atoms with Crippen LogP contribution in [0.15, 0.2) is 219 Å². The Bertz CT molecular complexity index is 2990. The molecule has 0 spiro atoms. The second-order valence-corrected chi connectivity index (χ2v) is 29.8. The Morgan fingerprint density at radius 2 is 0.482 bits per heavy atom. The largest absolute Gasteiger partial charge is 0.472 e. The van der Waals surface area contributed by atoms with E-state index in [1.165, 1.54) is 19.3 Å². The fourth-order valence-corrected chi connectivity index (χ4v) is 11.7. The zero-order valence-electron chi connectivity index (χ0n) is 69.0. The molecule has 0 saturated carbocycles. The number of ether oxygens (including phenoxy) is 4. The first kappa shape index (κ1) is 105. The van der Waals surface area contributed by atoms with Crippen LogP contribution in [0.25, 0.3) is 0 Å². The van der Waals surface area contributed by atoms with Crippen molar-refractivity contribution >= 4 is 39.5 Å². The molecule has 0 aromatic carbocycles. The van der Waals surface area contributed by atoms with Crippen molar-refractivity contribution in [1.82, 2.24) is 0 Å². The van der Waals surface area contributed by atoms with Gasteiger partial charge in [0.05, 0.1) is 26.4 Å². The van der Waals surface area contributed by atoms with Crippen LogP contribution >= 0.6 is 15.6 Å². The number of aliphatic hydroxyl groups is 1. The van der Waals surface area contributed by atoms with Gasteiger partial charge in [-0.25, -0.2) is 9.13 Å². The first-order valence-electron chi connectivity index (χ1n) is 42.0. The average molecular weight is 1600 g/mol. The number of hydrogen-bond donors (Lipinski definition) is 3. The third-order valence-electron chi connectivity index (χ3n) is 16.4. The van der Waals surface area contributed by atoms with Gasteiger partial charge < -0.3 is 33.8 Å². The average Bonchev–Trinajstić information content (AvgIpc) is 0.898. The Morgan fingerprint density at radius 3 is 0.795 bits per heavy atom. The number of carbonyl (C=O) groups excluding carboxylic acids is 4. The molecule has 0 aliphatic heterocycles. The molecule has 5 unspecified atom stereocenters. The van der Waals surface area contributed by atoms with E-state index in [9.17, 15) is 43.2 Å². The van der Waals surface area contributed by atoms with Crippen LogP contribution in [0.2, 0.25) is 0 Å². The number of phosphoric ester groups is 2. The minimum absolute atomic E-state index is 0.0177. The predicted molar refractivity (Wildman–Crippen MR) is 463 cm³/mol. The third kappa shape index (κ3) is 81.4. The van der Waals surface area contributed by atoms with Gasteiger partial charge in [-0.3, -0.25) is 37.3 Å². The van der Waals surface area contributed by atoms with Gasteiger partial charge in [-0.15, -0.1) is 0 Å². The summed E-state index contributed by atoms with van der Waals surface area (Å²) in [4.78, 5) is 73.2. The first-order valence-corrected chi connectivity index (χ1v) is 45.0. The topological polar surface area (TPSA) is 237 Å². The molecule has 5 atom stereocenters. The van der Waals surface area contributed by atoms with Gasteiger partial charge in [-0.1, -0.05) is 291 Å². The Morgan fingerprint density at radius 1 is 0.259 bits per heavy atom. The van der Waals surface area contributed by atoms with Gasteiger partial charge in [-0.2, -0.15) is 0 Å². The van der Waals surface area contributed by atoms with Crippen molar-refractivity contribution in [3.05, 3.63) is 219 Å². The second-order valence-electron chi connectivity index (χ2n) is 26.9. The van der Waals surface area contributed by atoms with E-state index in [0.29, 0.717) is 38.5 Å². The van der Waals surface area contributed by atoms with Gasteiger partial charge >= 0.3 is 39.5 Å². The van der Waals surface area contributed by atoms with E-state index >= 15 is 0 Å². The number of allylic oxidation sites excluding steroid dienone is 36. The Balaban J connectivity index is 5.55. The highest BCUT2D eigenvalue weighted by molar-refractivity contribution is 7.47. The maximum absolute atomic E-state index is 13.1. The molecule has 0 aliphatic carbocycles. The maximum atomic E-state index is 13.1. The summed E-state index contributed by atoms with van der Waals surface area (Å²) in [5, 5.41) is 10.7. The standard InChI is InChI=1S/C93H146O17P2/c1-5-9-13-17-21-25-29-33-37-40-43-46-50-53-57-61-65-69-73-77-90(95)103-83-88(109-92(97)79-75-71-67-63-59-55-49-36-32-28-24-20-16-12-8-4)85-107-111(99,100)105-81-87(94)82-106-112(101,102)108-86-89(110-93(98)80-76-72-68-64-60-56-52-48-45-42-39-35-31-27-23-19-15-11-7-3)84-104-91(96)78-74-70-66-62-58-54-51-47-44-41-38-34-30-26-22-18-14-10-6-2/h10-12,14-16,21-28,33-39,43-49,54,56,58-60,63,66,70,87-89,94H,5-9,13,17-20,29-32,40-42,50-53,55,57,61-62,64-65,67-69,71-86H2,1-4H3,(H,99,100)(H,101,102)/b14-10-,15-11-,16-12-,25-21-,26-22-,27-23-,28-24-,37-33-,38-34-,39-35-,46-43-,47-44-,48-45-,49-36-,58-54-,60-56-,63-59-,70-66-. The van der Waals surface area contributed by atoms with Crippen molar-refractivity contribution in [2.24, 2.45) is 0 Å². The van der Waals surface area contributed by atoms with E-state index in [2.05, 4.69) is 228 Å². The summed E-state index contributed by atoms with van der Waals surface area (Å²) in [7, 11) is -10.0. The molecule has 112 heavy (non-hydrogen) atoms. The van der Waals surface area contributed by atoms with Crippen molar-refractivity contribution in [2.45, 2.75) is 303 Å². The zero-order valence-corrected chi connectivity index (χ0v) is 70.8. The monoisotopic (exact) mass is 1600 g/mol. The van der Waals surface area contributed by atoms with E-state index in [4.69, 9.17) is 37.0 Å². The molecule has 0 heterocycles. The molecule has 0 saturated heterocycles. The summed E-state index contributed by atoms with van der Waals surface area (Å²) in [5.74, 6) is -2.40. The molecular formula is C93H146O17P2. The summed E-state index contributed by atoms with van der Waals surface area (Å²) in [6.45, 7) is 4.29. The van der Waals surface area contributed by atoms with Crippen LogP contribution in [0, 0.1) is 0 Å². The summed E-state index contributed by atoms with van der Waals surface area (Å²) < 4.78 is 68.6. The number of carbonyl (C=O) groups is 4. The third-order valence-corrected chi connectivity index (χ3v) is 18.3. The molecular weight excluding hydrogens is 1450 g/mol. The van der Waals surface area contributed by atoms with Crippen LogP contribution in [0.4, 0.5) is 0 Å². The molecule has 0 amide bonds. The number of hydrogen-bond acceptors (Lipinski definition) is 15. The van der Waals surface area contributed by atoms with Gasteiger partial charge in [0.1, 0.15) is 19.3 Å². The molecule has 0 fully saturated rings. The number of phosphoric acid groups is 2. The molecule has 0 bridgehead atoms. The zero-order chi connectivity index (χ0) is 81.7. The van der Waals surface area contributed by atoms with Crippen LogP contribution in [-0.4, -0.2) is 96.7 Å². The number of unbranched alkanes of at least 4 members (excludes halogenated alkanes) is 14. The lowest BCUT2D eigenvalue weighted by atomic mass is 10.1. The maximum Gasteiger partial charge on any atom is 0.472 e. The van der Waals surface area contributed by atoms with Crippen molar-refractivity contribution < 1.29 is 80.2 Å². The van der Waals surface area contributed by atoms with E-state index in [1.54, 1.807) is 0 Å². The van der Waals surface area contributed by atoms with Crippen LogP contribution in [0.5, 0.6) is 0 Å². The van der Waals surface area contributed by atoms with Gasteiger partial charge in [0.15, 0.2) is 12.2 Å². The highest BCUT2D eigenvalue weighted by atomic mass is 31.2. The van der Waals surface area contributed by atoms with E-state index < -0.39 is 97.5 Å². The lowest BCUT2D eigenvalue weighted by Gasteiger charge is -2.21. The quantitative estimate of drug-likeness (QED) is 0.0169. The van der Waals surface area contributed by atoms with Crippen molar-refractivity contribution in [3.8, 4) is 0 Å². The Hall–Kier alpha value is -6.62. The number of esters is 4. The highest BCUT2D eigenvalue weighted by Gasteiger charge is 2.30. The number of aliphatic hydroxyl groups excluding tert-OH is 1. The van der Waals surface area contributed by atoms with Gasteiger partial charge in [0.25, 0.3) is 0 Å². The molecule has 0 radical (unpaired) electrons. The smallest absolute Gasteiger partial charge is 0.462 e. The molecule has 0 aromatic heterocycles. The molecule has 0 rings (SSSR count). The van der Waals surface area contributed by atoms with Gasteiger partial charge in [-0.05, 0) is 186 Å². The molecule has 630 valence electrons. The fraction of sp³-hybridized carbons (Fsp3) is 0.570. The van der Waals surface area contributed by atoms with Crippen LogP contribution < -0.4 is 0 Å². The summed E-state index contributed by atoms with van der Waals surface area (Å²) in [6.07, 6.45) is 105. The summed E-state index contributed by atoms with van der Waals surface area (Å²) >= 11 is 0. The minimum Gasteiger partial charge on any atom is -0.462 e.